The fourth-order valence-corrected chi connectivity index (χ4v) is 2.88. The van der Waals surface area contributed by atoms with Crippen molar-refractivity contribution in [2.24, 2.45) is 0 Å². The lowest BCUT2D eigenvalue weighted by Crippen LogP contribution is -2.03. The second kappa shape index (κ2) is 5.82. The van der Waals surface area contributed by atoms with Crippen molar-refractivity contribution in [3.63, 3.8) is 0 Å². The van der Waals surface area contributed by atoms with Gasteiger partial charge >= 0.3 is 5.97 Å². The van der Waals surface area contributed by atoms with E-state index in [1.165, 1.54) is 0 Å². The van der Waals surface area contributed by atoms with E-state index < -0.39 is 5.97 Å². The zero-order valence-electron chi connectivity index (χ0n) is 9.44. The van der Waals surface area contributed by atoms with Gasteiger partial charge in [-0.1, -0.05) is 51.0 Å². The van der Waals surface area contributed by atoms with Crippen molar-refractivity contribution in [3.8, 4) is 11.3 Å². The molecule has 1 heterocycles. The van der Waals surface area contributed by atoms with Gasteiger partial charge in [-0.15, -0.1) is 0 Å². The van der Waals surface area contributed by atoms with Gasteiger partial charge < -0.3 is 4.74 Å². The third kappa shape index (κ3) is 2.91. The Balaban J connectivity index is 2.47. The van der Waals surface area contributed by atoms with Crippen molar-refractivity contribution < 1.29 is 9.53 Å². The Morgan fingerprint density at radius 2 is 2.33 bits per heavy atom. The van der Waals surface area contributed by atoms with Crippen LogP contribution in [0.2, 0.25) is 4.47 Å². The Morgan fingerprint density at radius 1 is 1.56 bits per heavy atom. The molecule has 0 fully saturated rings. The van der Waals surface area contributed by atoms with Crippen molar-refractivity contribution in [2.75, 3.05) is 6.61 Å². The molecule has 0 unspecified atom stereocenters. The van der Waals surface area contributed by atoms with E-state index in [-0.39, 0.29) is 0 Å². The fraction of sp³-hybridized carbons (Fsp3) is 0.167. The number of nitrogens with zero attached hydrogens (tertiary/aromatic N) is 1. The number of thiazole rings is 1. The van der Waals surface area contributed by atoms with E-state index in [0.29, 0.717) is 21.6 Å². The van der Waals surface area contributed by atoms with Crippen LogP contribution >= 0.6 is 38.9 Å². The van der Waals surface area contributed by atoms with Gasteiger partial charge in [0.1, 0.15) is 4.88 Å². The van der Waals surface area contributed by atoms with Gasteiger partial charge in [0, 0.05) is 10.0 Å². The quantitative estimate of drug-likeness (QED) is 0.773. The molecule has 0 bridgehead atoms. The average molecular weight is 347 g/mol. The number of aromatic nitrogens is 1. The summed E-state index contributed by atoms with van der Waals surface area (Å²) in [5.74, 6) is -0.392. The third-order valence-electron chi connectivity index (χ3n) is 2.16. The first-order chi connectivity index (χ1) is 8.61. The summed E-state index contributed by atoms with van der Waals surface area (Å²) in [4.78, 5) is 16.4. The Bertz CT molecular complexity index is 585. The molecule has 1 aromatic heterocycles. The Hall–Kier alpha value is -0.910. The molecule has 94 valence electrons. The highest BCUT2D eigenvalue weighted by Crippen LogP contribution is 2.32. The fourth-order valence-electron chi connectivity index (χ4n) is 1.46. The lowest BCUT2D eigenvalue weighted by Gasteiger charge is -2.02. The summed E-state index contributed by atoms with van der Waals surface area (Å²) in [7, 11) is 0. The highest BCUT2D eigenvalue weighted by atomic mass is 79.9. The van der Waals surface area contributed by atoms with E-state index in [9.17, 15) is 4.79 Å². The summed E-state index contributed by atoms with van der Waals surface area (Å²) >= 11 is 10.4. The molecule has 0 aliphatic heterocycles. The van der Waals surface area contributed by atoms with Crippen molar-refractivity contribution >= 4 is 44.8 Å². The first kappa shape index (κ1) is 13.5. The van der Waals surface area contributed by atoms with Crippen molar-refractivity contribution in [1.82, 2.24) is 4.98 Å². The molecule has 2 aromatic rings. The number of rotatable bonds is 3. The minimum atomic E-state index is -0.392. The Labute approximate surface area is 122 Å². The monoisotopic (exact) mass is 345 g/mol. The first-order valence-corrected chi connectivity index (χ1v) is 7.20. The largest absolute Gasteiger partial charge is 0.462 e. The van der Waals surface area contributed by atoms with E-state index in [2.05, 4.69) is 20.9 Å². The molecule has 1 aromatic carbocycles. The summed E-state index contributed by atoms with van der Waals surface area (Å²) in [5, 5.41) is 0. The maximum atomic E-state index is 11.8. The summed E-state index contributed by atoms with van der Waals surface area (Å²) < 4.78 is 6.24. The zero-order valence-corrected chi connectivity index (χ0v) is 12.6. The smallest absolute Gasteiger partial charge is 0.350 e. The van der Waals surface area contributed by atoms with Crippen LogP contribution in [0.3, 0.4) is 0 Å². The Morgan fingerprint density at radius 3 is 3.00 bits per heavy atom. The van der Waals surface area contributed by atoms with Gasteiger partial charge in [-0.25, -0.2) is 9.78 Å². The molecule has 0 atom stereocenters. The minimum Gasteiger partial charge on any atom is -0.462 e. The standard InChI is InChI=1S/C12H9BrClNO2S/c1-2-17-11(16)10-9(15-12(14)18-10)7-4-3-5-8(13)6-7/h3-6H,2H2,1H3. The van der Waals surface area contributed by atoms with Crippen LogP contribution in [0.15, 0.2) is 28.7 Å². The lowest BCUT2D eigenvalue weighted by atomic mass is 10.1. The SMILES string of the molecule is CCOC(=O)c1sc(Cl)nc1-c1cccc(Br)c1. The predicted octanol–water partition coefficient (Wildman–Crippen LogP) is 4.40. The summed E-state index contributed by atoms with van der Waals surface area (Å²) in [6.45, 7) is 2.09. The van der Waals surface area contributed by atoms with Crippen LogP contribution in [-0.4, -0.2) is 17.6 Å². The van der Waals surface area contributed by atoms with E-state index in [1.807, 2.05) is 24.3 Å². The summed E-state index contributed by atoms with van der Waals surface area (Å²) in [5.41, 5.74) is 1.39. The number of benzene rings is 1. The van der Waals surface area contributed by atoms with Crippen LogP contribution in [0.1, 0.15) is 16.6 Å². The van der Waals surface area contributed by atoms with Gasteiger partial charge in [-0.2, -0.15) is 0 Å². The molecule has 0 N–H and O–H groups in total. The normalized spacial score (nSPS) is 10.4. The molecule has 2 rings (SSSR count). The molecule has 0 spiro atoms. The molecule has 0 amide bonds. The van der Waals surface area contributed by atoms with E-state index in [1.54, 1.807) is 6.92 Å². The number of halogens is 2. The number of ether oxygens (including phenoxy) is 1. The molecule has 3 nitrogen and oxygen atoms in total. The van der Waals surface area contributed by atoms with Gasteiger partial charge in [0.05, 0.1) is 12.3 Å². The number of carbonyl (C=O) groups is 1. The summed E-state index contributed by atoms with van der Waals surface area (Å²) in [6, 6.07) is 7.54. The topological polar surface area (TPSA) is 39.2 Å². The third-order valence-corrected chi connectivity index (χ3v) is 3.79. The highest BCUT2D eigenvalue weighted by molar-refractivity contribution is 9.10. The van der Waals surface area contributed by atoms with Crippen molar-refractivity contribution in [1.29, 1.82) is 0 Å². The van der Waals surface area contributed by atoms with Crippen LogP contribution < -0.4 is 0 Å². The minimum absolute atomic E-state index is 0.326. The highest BCUT2D eigenvalue weighted by Gasteiger charge is 2.19. The number of carbonyl (C=O) groups excluding carboxylic acids is 1. The van der Waals surface area contributed by atoms with Crippen LogP contribution in [0.5, 0.6) is 0 Å². The number of esters is 1. The second-order valence-corrected chi connectivity index (χ2v) is 5.87. The number of hydrogen-bond donors (Lipinski definition) is 0. The van der Waals surface area contributed by atoms with Crippen LogP contribution in [-0.2, 0) is 4.74 Å². The van der Waals surface area contributed by atoms with Gasteiger partial charge in [-0.3, -0.25) is 0 Å². The van der Waals surface area contributed by atoms with Gasteiger partial charge in [0.15, 0.2) is 4.47 Å². The predicted molar refractivity (Wildman–Crippen MR) is 76.2 cm³/mol. The van der Waals surface area contributed by atoms with E-state index >= 15 is 0 Å². The van der Waals surface area contributed by atoms with Crippen LogP contribution in [0.25, 0.3) is 11.3 Å². The van der Waals surface area contributed by atoms with Crippen LogP contribution in [0, 0.1) is 0 Å². The summed E-state index contributed by atoms with van der Waals surface area (Å²) in [6.07, 6.45) is 0. The lowest BCUT2D eigenvalue weighted by molar-refractivity contribution is 0.0532. The molecule has 6 heteroatoms. The van der Waals surface area contributed by atoms with E-state index in [4.69, 9.17) is 16.3 Å². The van der Waals surface area contributed by atoms with Gasteiger partial charge in [0.25, 0.3) is 0 Å². The molecule has 18 heavy (non-hydrogen) atoms. The maximum absolute atomic E-state index is 11.8. The molecule has 0 saturated carbocycles. The number of hydrogen-bond acceptors (Lipinski definition) is 4. The Kier molecular flexibility index (Phi) is 4.37. The molecule has 0 aliphatic rings. The molecular formula is C12H9BrClNO2S. The molecule has 0 aliphatic carbocycles. The van der Waals surface area contributed by atoms with Crippen molar-refractivity contribution in [3.05, 3.63) is 38.1 Å². The van der Waals surface area contributed by atoms with Gasteiger partial charge in [0.2, 0.25) is 0 Å². The molecule has 0 radical (unpaired) electrons. The van der Waals surface area contributed by atoms with E-state index in [0.717, 1.165) is 21.4 Å². The average Bonchev–Trinajstić information content (AvgIpc) is 2.72. The maximum Gasteiger partial charge on any atom is 0.350 e. The molecular weight excluding hydrogens is 338 g/mol. The van der Waals surface area contributed by atoms with Crippen LogP contribution in [0.4, 0.5) is 0 Å². The molecule has 0 saturated heterocycles. The van der Waals surface area contributed by atoms with Gasteiger partial charge in [-0.05, 0) is 19.1 Å². The second-order valence-electron chi connectivity index (χ2n) is 3.38. The zero-order chi connectivity index (χ0) is 13.1. The van der Waals surface area contributed by atoms with Crippen molar-refractivity contribution in [2.45, 2.75) is 6.92 Å². The first-order valence-electron chi connectivity index (χ1n) is 5.21.